The van der Waals surface area contributed by atoms with Gasteiger partial charge in [-0.3, -0.25) is 4.99 Å². The summed E-state index contributed by atoms with van der Waals surface area (Å²) < 4.78 is 15.8. The van der Waals surface area contributed by atoms with Crippen molar-refractivity contribution in [3.8, 4) is 0 Å². The van der Waals surface area contributed by atoms with Gasteiger partial charge in [0.1, 0.15) is 17.1 Å². The Balaban J connectivity index is 0.00000576. The number of nitrogens with zero attached hydrogens (tertiary/aromatic N) is 1. The molecule has 0 amide bonds. The number of esters is 1. The largest absolute Gasteiger partial charge is 0.465 e. The summed E-state index contributed by atoms with van der Waals surface area (Å²) in [7, 11) is 3.06. The van der Waals surface area contributed by atoms with Crippen LogP contribution in [0, 0.1) is 12.8 Å². The minimum absolute atomic E-state index is 0. The Morgan fingerprint density at radius 1 is 1.36 bits per heavy atom. The van der Waals surface area contributed by atoms with Crippen molar-refractivity contribution >= 4 is 35.9 Å². The van der Waals surface area contributed by atoms with Crippen LogP contribution in [0.1, 0.15) is 42.1 Å². The number of ether oxygens (including phenoxy) is 2. The van der Waals surface area contributed by atoms with E-state index >= 15 is 0 Å². The van der Waals surface area contributed by atoms with Crippen LogP contribution in [-0.4, -0.2) is 45.8 Å². The van der Waals surface area contributed by atoms with Crippen LogP contribution >= 0.6 is 24.0 Å². The molecule has 0 aliphatic carbocycles. The number of hydrogen-bond acceptors (Lipinski definition) is 5. The molecule has 0 bridgehead atoms. The van der Waals surface area contributed by atoms with Crippen LogP contribution in [0.4, 0.5) is 0 Å². The van der Waals surface area contributed by atoms with Gasteiger partial charge in [0.05, 0.1) is 13.7 Å². The monoisotopic (exact) mass is 467 g/mol. The number of halogens is 1. The Hall–Kier alpha value is -1.29. The summed E-state index contributed by atoms with van der Waals surface area (Å²) in [6.07, 6.45) is 0.903. The van der Waals surface area contributed by atoms with E-state index in [1.807, 2.05) is 0 Å². The van der Waals surface area contributed by atoms with Crippen LogP contribution in [0.15, 0.2) is 15.5 Å². The van der Waals surface area contributed by atoms with E-state index < -0.39 is 5.97 Å². The number of aryl methyl sites for hydroxylation is 1. The summed E-state index contributed by atoms with van der Waals surface area (Å²) in [4.78, 5) is 15.7. The van der Waals surface area contributed by atoms with Crippen molar-refractivity contribution in [2.45, 2.75) is 33.7 Å². The van der Waals surface area contributed by atoms with Gasteiger partial charge >= 0.3 is 5.97 Å². The van der Waals surface area contributed by atoms with E-state index in [9.17, 15) is 4.79 Å². The molecule has 25 heavy (non-hydrogen) atoms. The fraction of sp³-hybridized carbons (Fsp3) is 0.647. The highest BCUT2D eigenvalue weighted by atomic mass is 127. The van der Waals surface area contributed by atoms with Gasteiger partial charge in [0.15, 0.2) is 5.96 Å². The minimum atomic E-state index is -0.397. The Morgan fingerprint density at radius 3 is 2.68 bits per heavy atom. The molecule has 0 radical (unpaired) electrons. The highest BCUT2D eigenvalue weighted by Crippen LogP contribution is 2.15. The molecule has 0 aromatic carbocycles. The highest BCUT2D eigenvalue weighted by Gasteiger charge is 2.15. The molecule has 0 saturated heterocycles. The summed E-state index contributed by atoms with van der Waals surface area (Å²) in [5.74, 6) is 2.03. The zero-order chi connectivity index (χ0) is 17.9. The second-order valence-corrected chi connectivity index (χ2v) is 5.85. The Bertz CT molecular complexity index is 544. The third kappa shape index (κ3) is 9.10. The molecule has 1 aromatic rings. The topological polar surface area (TPSA) is 85.1 Å². The molecule has 8 heteroatoms. The van der Waals surface area contributed by atoms with Crippen molar-refractivity contribution < 1.29 is 18.7 Å². The molecule has 2 N–H and O–H groups in total. The summed E-state index contributed by atoms with van der Waals surface area (Å²) in [5.41, 5.74) is 0.444. The molecule has 0 spiro atoms. The van der Waals surface area contributed by atoms with E-state index in [4.69, 9.17) is 13.9 Å². The molecule has 0 unspecified atom stereocenters. The van der Waals surface area contributed by atoms with Gasteiger partial charge in [0, 0.05) is 26.8 Å². The molecule has 0 saturated carbocycles. The number of rotatable bonds is 9. The molecular weight excluding hydrogens is 437 g/mol. The average Bonchev–Trinajstić information content (AvgIpc) is 2.93. The first-order chi connectivity index (χ1) is 11.5. The number of carbonyl (C=O) groups is 1. The summed E-state index contributed by atoms with van der Waals surface area (Å²) >= 11 is 0. The van der Waals surface area contributed by atoms with Crippen molar-refractivity contribution in [1.82, 2.24) is 10.6 Å². The number of hydrogen-bond donors (Lipinski definition) is 2. The van der Waals surface area contributed by atoms with Gasteiger partial charge in [0.25, 0.3) is 0 Å². The minimum Gasteiger partial charge on any atom is -0.465 e. The van der Waals surface area contributed by atoms with E-state index in [2.05, 4.69) is 29.5 Å². The lowest BCUT2D eigenvalue weighted by Crippen LogP contribution is -2.37. The average molecular weight is 467 g/mol. The van der Waals surface area contributed by atoms with E-state index in [-0.39, 0.29) is 24.0 Å². The summed E-state index contributed by atoms with van der Waals surface area (Å²) in [6.45, 7) is 8.71. The predicted octanol–water partition coefficient (Wildman–Crippen LogP) is 2.72. The quantitative estimate of drug-likeness (QED) is 0.191. The summed E-state index contributed by atoms with van der Waals surface area (Å²) in [6, 6.07) is 1.68. The molecule has 7 nitrogen and oxygen atoms in total. The predicted molar refractivity (Wildman–Crippen MR) is 109 cm³/mol. The molecule has 144 valence electrons. The molecule has 0 aliphatic heterocycles. The van der Waals surface area contributed by atoms with E-state index in [0.717, 1.165) is 26.2 Å². The lowest BCUT2D eigenvalue weighted by molar-refractivity contribution is 0.0599. The van der Waals surface area contributed by atoms with Gasteiger partial charge in [-0.2, -0.15) is 0 Å². The van der Waals surface area contributed by atoms with Crippen molar-refractivity contribution in [2.75, 3.05) is 33.9 Å². The number of aliphatic imine (C=N–C) groups is 1. The van der Waals surface area contributed by atoms with Crippen molar-refractivity contribution in [3.05, 3.63) is 23.2 Å². The van der Waals surface area contributed by atoms with Crippen LogP contribution < -0.4 is 10.6 Å². The second-order valence-electron chi connectivity index (χ2n) is 5.85. The van der Waals surface area contributed by atoms with Crippen LogP contribution in [0.5, 0.6) is 0 Å². The highest BCUT2D eigenvalue weighted by molar-refractivity contribution is 14.0. The fourth-order valence-electron chi connectivity index (χ4n) is 2.03. The summed E-state index contributed by atoms with van der Waals surface area (Å²) in [5, 5.41) is 6.35. The Kier molecular flexibility index (Phi) is 12.3. The van der Waals surface area contributed by atoms with Gasteiger partial charge in [-0.05, 0) is 25.3 Å². The zero-order valence-corrected chi connectivity index (χ0v) is 18.0. The van der Waals surface area contributed by atoms with Gasteiger partial charge in [-0.15, -0.1) is 24.0 Å². The number of guanidine groups is 1. The van der Waals surface area contributed by atoms with Crippen molar-refractivity contribution in [1.29, 1.82) is 0 Å². The fourth-order valence-corrected chi connectivity index (χ4v) is 2.03. The molecule has 0 aliphatic rings. The van der Waals surface area contributed by atoms with Crippen molar-refractivity contribution in [2.24, 2.45) is 10.9 Å². The SMILES string of the molecule is CN=C(NCCCOCC(C)C)NCc1cc(C(=O)OC)c(C)o1.I. The van der Waals surface area contributed by atoms with Crippen molar-refractivity contribution in [3.63, 3.8) is 0 Å². The van der Waals surface area contributed by atoms with Crippen LogP contribution in [-0.2, 0) is 16.0 Å². The second kappa shape index (κ2) is 13.0. The molecule has 1 heterocycles. The van der Waals surface area contributed by atoms with E-state index in [0.29, 0.717) is 35.5 Å². The molecule has 1 aromatic heterocycles. The maximum absolute atomic E-state index is 11.6. The Morgan fingerprint density at radius 2 is 2.08 bits per heavy atom. The van der Waals surface area contributed by atoms with Gasteiger partial charge in [-0.25, -0.2) is 4.79 Å². The van der Waals surface area contributed by atoms with Crippen LogP contribution in [0.3, 0.4) is 0 Å². The van der Waals surface area contributed by atoms with E-state index in [1.165, 1.54) is 7.11 Å². The van der Waals surface area contributed by atoms with E-state index in [1.54, 1.807) is 20.0 Å². The Labute approximate surface area is 166 Å². The maximum atomic E-state index is 11.6. The van der Waals surface area contributed by atoms with Gasteiger partial charge in [-0.1, -0.05) is 13.8 Å². The first-order valence-corrected chi connectivity index (χ1v) is 8.17. The molecule has 1 rings (SSSR count). The number of nitrogens with one attached hydrogen (secondary N) is 2. The molecule has 0 atom stereocenters. The molecule has 0 fully saturated rings. The smallest absolute Gasteiger partial charge is 0.341 e. The van der Waals surface area contributed by atoms with Gasteiger partial charge in [0.2, 0.25) is 0 Å². The van der Waals surface area contributed by atoms with Crippen LogP contribution in [0.2, 0.25) is 0 Å². The third-order valence-corrected chi connectivity index (χ3v) is 3.24. The third-order valence-electron chi connectivity index (χ3n) is 3.24. The number of methoxy groups -OCH3 is 1. The maximum Gasteiger partial charge on any atom is 0.341 e. The first kappa shape index (κ1) is 23.7. The number of furan rings is 1. The normalized spacial score (nSPS) is 11.2. The standard InChI is InChI=1S/C17H29N3O4.HI/c1-12(2)11-23-8-6-7-19-17(18-4)20-10-14-9-15(13(3)24-14)16(21)22-5;/h9,12H,6-8,10-11H2,1-5H3,(H2,18,19,20);1H. The lowest BCUT2D eigenvalue weighted by Gasteiger charge is -2.11. The lowest BCUT2D eigenvalue weighted by atomic mass is 10.2. The molecular formula is C17H30IN3O4. The number of carbonyl (C=O) groups excluding carboxylic acids is 1. The van der Waals surface area contributed by atoms with Gasteiger partial charge < -0.3 is 24.5 Å². The first-order valence-electron chi connectivity index (χ1n) is 8.17. The zero-order valence-electron chi connectivity index (χ0n) is 15.7. The van der Waals surface area contributed by atoms with Crippen LogP contribution in [0.25, 0.3) is 0 Å².